The first-order valence-electron chi connectivity index (χ1n) is 7.65. The summed E-state index contributed by atoms with van der Waals surface area (Å²) in [5, 5.41) is 10.3. The molecule has 1 heterocycles. The van der Waals surface area contributed by atoms with E-state index in [2.05, 4.69) is 9.71 Å². The zero-order valence-electron chi connectivity index (χ0n) is 14.1. The lowest BCUT2D eigenvalue weighted by Crippen LogP contribution is -2.45. The number of hydrogen-bond acceptors (Lipinski definition) is 6. The van der Waals surface area contributed by atoms with E-state index >= 15 is 0 Å². The van der Waals surface area contributed by atoms with Gasteiger partial charge < -0.3 is 14.7 Å². The molecule has 132 valence electrons. The molecule has 0 aromatic carbocycles. The molecule has 8 heteroatoms. The Kier molecular flexibility index (Phi) is 8.07. The number of aliphatic hydroxyl groups excluding tert-OH is 1. The number of aliphatic hydroxyl groups is 1. The Morgan fingerprint density at radius 1 is 1.43 bits per heavy atom. The van der Waals surface area contributed by atoms with E-state index in [1.807, 2.05) is 25.9 Å². The molecule has 0 radical (unpaired) electrons. The highest BCUT2D eigenvalue weighted by Gasteiger charge is 2.25. The van der Waals surface area contributed by atoms with Gasteiger partial charge in [0.05, 0.1) is 18.8 Å². The van der Waals surface area contributed by atoms with Gasteiger partial charge in [-0.2, -0.15) is 0 Å². The van der Waals surface area contributed by atoms with E-state index in [4.69, 9.17) is 4.74 Å². The van der Waals surface area contributed by atoms with Crippen LogP contribution in [0.5, 0.6) is 0 Å². The van der Waals surface area contributed by atoms with Gasteiger partial charge in [-0.1, -0.05) is 6.92 Å². The third-order valence-corrected chi connectivity index (χ3v) is 5.12. The molecule has 0 spiro atoms. The molecular weight excluding hydrogens is 318 g/mol. The van der Waals surface area contributed by atoms with Crippen molar-refractivity contribution in [1.82, 2.24) is 14.6 Å². The minimum Gasteiger partial charge on any atom is -0.389 e. The zero-order valence-corrected chi connectivity index (χ0v) is 15.0. The SMILES string of the molecule is CCC(C(O)[C@H](C)OCCNS(=O)(=O)c1cccnc1)N(C)C. The van der Waals surface area contributed by atoms with Crippen molar-refractivity contribution in [2.45, 2.75) is 43.4 Å². The number of sulfonamides is 1. The highest BCUT2D eigenvalue weighted by Crippen LogP contribution is 2.11. The molecule has 0 aliphatic carbocycles. The molecule has 0 amide bonds. The summed E-state index contributed by atoms with van der Waals surface area (Å²) in [6, 6.07) is 3.04. The Labute approximate surface area is 138 Å². The van der Waals surface area contributed by atoms with Crippen LogP contribution in [0, 0.1) is 0 Å². The van der Waals surface area contributed by atoms with Gasteiger partial charge in [-0.3, -0.25) is 4.98 Å². The summed E-state index contributed by atoms with van der Waals surface area (Å²) in [7, 11) is 0.242. The number of nitrogens with zero attached hydrogens (tertiary/aromatic N) is 2. The Balaban J connectivity index is 2.42. The van der Waals surface area contributed by atoms with E-state index in [0.717, 1.165) is 6.42 Å². The third kappa shape index (κ3) is 6.15. The molecule has 3 atom stereocenters. The standard InChI is InChI=1S/C15H27N3O4S/c1-5-14(18(3)4)15(19)12(2)22-10-9-17-23(20,21)13-7-6-8-16-11-13/h6-8,11-12,14-15,17,19H,5,9-10H2,1-4H3/t12-,14?,15?/m0/s1. The van der Waals surface area contributed by atoms with E-state index in [1.54, 1.807) is 13.0 Å². The monoisotopic (exact) mass is 345 g/mol. The number of rotatable bonds is 10. The van der Waals surface area contributed by atoms with E-state index in [-0.39, 0.29) is 30.2 Å². The minimum absolute atomic E-state index is 0.00270. The Morgan fingerprint density at radius 3 is 2.65 bits per heavy atom. The lowest BCUT2D eigenvalue weighted by molar-refractivity contribution is -0.0576. The van der Waals surface area contributed by atoms with Gasteiger partial charge in [-0.25, -0.2) is 13.1 Å². The molecular formula is C15H27N3O4S. The second-order valence-corrected chi connectivity index (χ2v) is 7.36. The van der Waals surface area contributed by atoms with E-state index < -0.39 is 16.1 Å². The maximum Gasteiger partial charge on any atom is 0.242 e. The number of hydrogen-bond donors (Lipinski definition) is 2. The van der Waals surface area contributed by atoms with Crippen LogP contribution in [0.3, 0.4) is 0 Å². The quantitative estimate of drug-likeness (QED) is 0.599. The van der Waals surface area contributed by atoms with Gasteiger partial charge in [0, 0.05) is 25.0 Å². The van der Waals surface area contributed by atoms with Gasteiger partial charge in [0.25, 0.3) is 0 Å². The largest absolute Gasteiger partial charge is 0.389 e. The molecule has 0 aliphatic heterocycles. The molecule has 23 heavy (non-hydrogen) atoms. The third-order valence-electron chi connectivity index (χ3n) is 3.68. The fraction of sp³-hybridized carbons (Fsp3) is 0.667. The normalized spacial score (nSPS) is 16.3. The van der Waals surface area contributed by atoms with Crippen molar-refractivity contribution in [3.8, 4) is 0 Å². The first kappa shape index (κ1) is 20.0. The molecule has 7 nitrogen and oxygen atoms in total. The van der Waals surface area contributed by atoms with Crippen LogP contribution in [-0.4, -0.2) is 68.9 Å². The maximum atomic E-state index is 12.0. The second kappa shape index (κ2) is 9.29. The molecule has 0 bridgehead atoms. The Morgan fingerprint density at radius 2 is 2.13 bits per heavy atom. The summed E-state index contributed by atoms with van der Waals surface area (Å²) >= 11 is 0. The van der Waals surface area contributed by atoms with Gasteiger partial charge in [0.15, 0.2) is 0 Å². The Bertz CT molecular complexity index is 551. The molecule has 1 rings (SSSR count). The summed E-state index contributed by atoms with van der Waals surface area (Å²) in [5.41, 5.74) is 0. The van der Waals surface area contributed by atoms with E-state index in [9.17, 15) is 13.5 Å². The summed E-state index contributed by atoms with van der Waals surface area (Å²) in [6.07, 6.45) is 2.59. The highest BCUT2D eigenvalue weighted by atomic mass is 32.2. The van der Waals surface area contributed by atoms with Gasteiger partial charge >= 0.3 is 0 Å². The molecule has 0 aliphatic rings. The van der Waals surface area contributed by atoms with Crippen LogP contribution in [0.4, 0.5) is 0 Å². The molecule has 1 aromatic heterocycles. The van der Waals surface area contributed by atoms with Gasteiger partial charge in [0.2, 0.25) is 10.0 Å². The fourth-order valence-corrected chi connectivity index (χ4v) is 3.31. The molecule has 0 saturated heterocycles. The van der Waals surface area contributed by atoms with E-state index in [1.165, 1.54) is 18.5 Å². The minimum atomic E-state index is -3.58. The number of pyridine rings is 1. The number of likely N-dealkylation sites (N-methyl/N-ethyl adjacent to an activating group) is 1. The number of ether oxygens (including phenoxy) is 1. The topological polar surface area (TPSA) is 91.8 Å². The average molecular weight is 345 g/mol. The Hall–Kier alpha value is -1.06. The molecule has 2 N–H and O–H groups in total. The zero-order chi connectivity index (χ0) is 17.5. The van der Waals surface area contributed by atoms with Crippen molar-refractivity contribution in [2.24, 2.45) is 0 Å². The van der Waals surface area contributed by atoms with Crippen LogP contribution < -0.4 is 4.72 Å². The summed E-state index contributed by atoms with van der Waals surface area (Å²) in [4.78, 5) is 5.86. The molecule has 1 aromatic rings. The number of nitrogens with one attached hydrogen (secondary N) is 1. The summed E-state index contributed by atoms with van der Waals surface area (Å²) in [5.74, 6) is 0. The second-order valence-electron chi connectivity index (χ2n) is 5.59. The summed E-state index contributed by atoms with van der Waals surface area (Å²) in [6.45, 7) is 4.10. The van der Waals surface area contributed by atoms with Crippen LogP contribution in [0.25, 0.3) is 0 Å². The van der Waals surface area contributed by atoms with Crippen molar-refractivity contribution >= 4 is 10.0 Å². The van der Waals surface area contributed by atoms with Gasteiger partial charge in [-0.05, 0) is 39.6 Å². The van der Waals surface area contributed by atoms with Crippen molar-refractivity contribution < 1.29 is 18.3 Å². The van der Waals surface area contributed by atoms with Crippen molar-refractivity contribution in [3.63, 3.8) is 0 Å². The molecule has 0 fully saturated rings. The van der Waals surface area contributed by atoms with Crippen LogP contribution in [0.1, 0.15) is 20.3 Å². The van der Waals surface area contributed by atoms with Crippen molar-refractivity contribution in [1.29, 1.82) is 0 Å². The van der Waals surface area contributed by atoms with Crippen LogP contribution in [-0.2, 0) is 14.8 Å². The van der Waals surface area contributed by atoms with Gasteiger partial charge in [-0.15, -0.1) is 0 Å². The molecule has 0 saturated carbocycles. The fourth-order valence-electron chi connectivity index (χ4n) is 2.33. The smallest absolute Gasteiger partial charge is 0.242 e. The number of aromatic nitrogens is 1. The van der Waals surface area contributed by atoms with Crippen LogP contribution in [0.15, 0.2) is 29.4 Å². The molecule has 2 unspecified atom stereocenters. The first-order chi connectivity index (χ1) is 10.8. The van der Waals surface area contributed by atoms with Crippen LogP contribution in [0.2, 0.25) is 0 Å². The van der Waals surface area contributed by atoms with E-state index in [0.29, 0.717) is 0 Å². The van der Waals surface area contributed by atoms with Crippen molar-refractivity contribution in [3.05, 3.63) is 24.5 Å². The van der Waals surface area contributed by atoms with Gasteiger partial charge in [0.1, 0.15) is 4.90 Å². The lowest BCUT2D eigenvalue weighted by atomic mass is 10.0. The first-order valence-corrected chi connectivity index (χ1v) is 9.13. The highest BCUT2D eigenvalue weighted by molar-refractivity contribution is 7.89. The maximum absolute atomic E-state index is 12.0. The van der Waals surface area contributed by atoms with Crippen molar-refractivity contribution in [2.75, 3.05) is 27.2 Å². The average Bonchev–Trinajstić information content (AvgIpc) is 2.52. The predicted molar refractivity (Wildman–Crippen MR) is 88.6 cm³/mol. The van der Waals surface area contributed by atoms with Crippen LogP contribution >= 0.6 is 0 Å². The predicted octanol–water partition coefficient (Wildman–Crippen LogP) is 0.466. The summed E-state index contributed by atoms with van der Waals surface area (Å²) < 4.78 is 32.0. The lowest BCUT2D eigenvalue weighted by Gasteiger charge is -2.31.